The molecule has 0 fully saturated rings. The predicted molar refractivity (Wildman–Crippen MR) is 306 cm³/mol. The quantitative estimate of drug-likeness (QED) is 0.0412. The molecular formula is C66H63F9N2O14. The topological polar surface area (TPSA) is 163 Å². The maximum atomic E-state index is 17.0. The van der Waals surface area contributed by atoms with Gasteiger partial charge in [0.2, 0.25) is 5.82 Å². The Morgan fingerprint density at radius 2 is 0.703 bits per heavy atom. The van der Waals surface area contributed by atoms with Gasteiger partial charge in [0.25, 0.3) is 0 Å². The summed E-state index contributed by atoms with van der Waals surface area (Å²) in [4.78, 5) is 0. The highest BCUT2D eigenvalue weighted by atomic mass is 19.2. The first-order valence-electron chi connectivity index (χ1n) is 29.3. The lowest BCUT2D eigenvalue weighted by molar-refractivity contribution is -0.00989. The second-order valence-electron chi connectivity index (χ2n) is 20.9. The van der Waals surface area contributed by atoms with E-state index in [1.807, 2.05) is 0 Å². The SMILES string of the molecule is Cc1noc(Cc2c(F)c(F)c(C(c3onc(C)c3CCCOC3COc4ccccc4OCCOCCOc4ccccc4OC3)c3c(F)c(F)c(F)c(F)c3F)c(F)c2F)c1CCCOC1COc2ccccc2OCCOCCOc2ccccc2OC1. The van der Waals surface area contributed by atoms with Gasteiger partial charge in [0.05, 0.1) is 43.7 Å². The van der Waals surface area contributed by atoms with Crippen LogP contribution in [0.25, 0.3) is 0 Å². The average Bonchev–Trinajstić information content (AvgIpc) is 1.75. The highest BCUT2D eigenvalue weighted by molar-refractivity contribution is 5.49. The number of fused-ring (bicyclic) bond motifs is 4. The largest absolute Gasteiger partial charge is 0.487 e. The van der Waals surface area contributed by atoms with Crippen molar-refractivity contribution in [2.75, 3.05) is 92.5 Å². The molecular weight excluding hydrogens is 1220 g/mol. The fraction of sp³-hybridized carbons (Fsp3) is 0.364. The number of hydrogen-bond donors (Lipinski definition) is 0. The molecule has 10 rings (SSSR count). The standard InChI is InChI=1S/C66H63F9N2O14/c1-38-42(13-11-23-80-40-34-86-49-19-7-3-15-45(49)82-29-25-78-26-30-83-46-16-4-8-20-50(46)87-35-40)53(90-76-38)33-44-57(67)59(69)55(60(70)58(44)68)54(56-61(71)63(73)65(75)64(74)62(56)72)66-43(39(2)77-91-66)14-12-24-81-41-36-88-51-21-9-5-17-47(51)84-31-27-79-28-32-85-48-18-6-10-22-52(48)89-37-41/h3-10,15-22,40-41,54H,11-14,23-37H2,1-2H3. The number of hydrogen-bond acceptors (Lipinski definition) is 16. The Hall–Kier alpha value is -8.65. The summed E-state index contributed by atoms with van der Waals surface area (Å²) in [5.41, 5.74) is -4.62. The summed E-state index contributed by atoms with van der Waals surface area (Å²) in [5.74, 6) is -22.0. The van der Waals surface area contributed by atoms with Crippen molar-refractivity contribution in [3.63, 3.8) is 0 Å². The van der Waals surface area contributed by atoms with Gasteiger partial charge in [-0.25, -0.2) is 39.5 Å². The van der Waals surface area contributed by atoms with Crippen LogP contribution in [0.1, 0.15) is 69.5 Å². The van der Waals surface area contributed by atoms with Gasteiger partial charge in [-0.05, 0) is 88.1 Å². The molecule has 0 saturated heterocycles. The second-order valence-corrected chi connectivity index (χ2v) is 20.9. The Morgan fingerprint density at radius 1 is 0.385 bits per heavy atom. The van der Waals surface area contributed by atoms with Crippen LogP contribution in [0.3, 0.4) is 0 Å². The lowest BCUT2D eigenvalue weighted by Gasteiger charge is -2.22. The van der Waals surface area contributed by atoms with E-state index in [9.17, 15) is 4.39 Å². The number of halogens is 9. The van der Waals surface area contributed by atoms with Gasteiger partial charge < -0.3 is 65.9 Å². The van der Waals surface area contributed by atoms with Gasteiger partial charge in [-0.2, -0.15) is 0 Å². The first-order chi connectivity index (χ1) is 44.3. The number of benzene rings is 6. The molecule has 0 bridgehead atoms. The number of nitrogens with zero attached hydrogens (tertiary/aromatic N) is 2. The van der Waals surface area contributed by atoms with Crippen molar-refractivity contribution in [3.05, 3.63) is 200 Å². The minimum Gasteiger partial charge on any atom is -0.487 e. The number of ether oxygens (including phenoxy) is 12. The van der Waals surface area contributed by atoms with Crippen LogP contribution in [-0.2, 0) is 38.2 Å². The van der Waals surface area contributed by atoms with Crippen molar-refractivity contribution in [3.8, 4) is 46.0 Å². The van der Waals surface area contributed by atoms with Crippen LogP contribution in [0.15, 0.2) is 106 Å². The summed E-state index contributed by atoms with van der Waals surface area (Å²) in [5, 5.41) is 7.77. The van der Waals surface area contributed by atoms with Gasteiger partial charge in [0, 0.05) is 47.5 Å². The first kappa shape index (κ1) is 65.3. The summed E-state index contributed by atoms with van der Waals surface area (Å²) in [6.07, 6.45) is -2.48. The smallest absolute Gasteiger partial charge is 0.200 e. The van der Waals surface area contributed by atoms with E-state index in [-0.39, 0.29) is 141 Å². The maximum absolute atomic E-state index is 17.0. The van der Waals surface area contributed by atoms with E-state index in [1.54, 1.807) is 97.1 Å². The zero-order chi connectivity index (χ0) is 63.8. The maximum Gasteiger partial charge on any atom is 0.200 e. The highest BCUT2D eigenvalue weighted by Crippen LogP contribution is 2.44. The molecule has 6 aromatic carbocycles. The number of rotatable bonds is 15. The molecule has 8 aromatic rings. The molecule has 25 heteroatoms. The Labute approximate surface area is 516 Å². The predicted octanol–water partition coefficient (Wildman–Crippen LogP) is 12.8. The first-order valence-corrected chi connectivity index (χ1v) is 29.3. The van der Waals surface area contributed by atoms with Crippen LogP contribution in [0.5, 0.6) is 46.0 Å². The van der Waals surface area contributed by atoms with E-state index in [1.165, 1.54) is 13.8 Å². The highest BCUT2D eigenvalue weighted by Gasteiger charge is 2.42. The third-order valence-corrected chi connectivity index (χ3v) is 14.8. The van der Waals surface area contributed by atoms with Crippen LogP contribution in [0.2, 0.25) is 0 Å². The molecule has 0 aliphatic carbocycles. The van der Waals surface area contributed by atoms with Gasteiger partial charge >= 0.3 is 0 Å². The van der Waals surface area contributed by atoms with Crippen LogP contribution in [0.4, 0.5) is 39.5 Å². The zero-order valence-corrected chi connectivity index (χ0v) is 49.4. The molecule has 91 heavy (non-hydrogen) atoms. The van der Waals surface area contributed by atoms with Crippen LogP contribution >= 0.6 is 0 Å². The third-order valence-electron chi connectivity index (χ3n) is 14.8. The van der Waals surface area contributed by atoms with Crippen molar-refractivity contribution < 1.29 is 105 Å². The van der Waals surface area contributed by atoms with Gasteiger partial charge in [-0.15, -0.1) is 0 Å². The lowest BCUT2D eigenvalue weighted by atomic mass is 9.83. The molecule has 0 amide bonds. The Kier molecular flexibility index (Phi) is 22.5. The van der Waals surface area contributed by atoms with Crippen molar-refractivity contribution in [2.45, 2.75) is 64.1 Å². The molecule has 0 saturated carbocycles. The minimum atomic E-state index is -2.88. The van der Waals surface area contributed by atoms with Crippen LogP contribution in [-0.4, -0.2) is 115 Å². The van der Waals surface area contributed by atoms with E-state index in [0.29, 0.717) is 51.6 Å². The molecule has 2 aliphatic heterocycles. The van der Waals surface area contributed by atoms with Gasteiger partial charge in [0.1, 0.15) is 70.8 Å². The van der Waals surface area contributed by atoms with Crippen LogP contribution < -0.4 is 37.9 Å². The van der Waals surface area contributed by atoms with Crippen molar-refractivity contribution in [1.82, 2.24) is 10.3 Å². The van der Waals surface area contributed by atoms with E-state index in [4.69, 9.17) is 65.9 Å². The van der Waals surface area contributed by atoms with Crippen molar-refractivity contribution in [2.24, 2.45) is 0 Å². The van der Waals surface area contributed by atoms with E-state index < -0.39 is 99.4 Å². The second kappa shape index (κ2) is 31.4. The summed E-state index contributed by atoms with van der Waals surface area (Å²) >= 11 is 0. The average molecular weight is 1280 g/mol. The molecule has 2 aliphatic rings. The lowest BCUT2D eigenvalue weighted by Crippen LogP contribution is -2.29. The Bertz CT molecular complexity index is 3570. The van der Waals surface area contributed by atoms with E-state index in [0.717, 1.165) is 0 Å². The van der Waals surface area contributed by atoms with Gasteiger partial charge in [-0.3, -0.25) is 0 Å². The van der Waals surface area contributed by atoms with E-state index in [2.05, 4.69) is 10.3 Å². The number of para-hydroxylation sites is 8. The molecule has 484 valence electrons. The Balaban J connectivity index is 0.875. The molecule has 4 heterocycles. The summed E-state index contributed by atoms with van der Waals surface area (Å²) in [7, 11) is 0. The molecule has 0 radical (unpaired) electrons. The molecule has 16 nitrogen and oxygen atoms in total. The molecule has 0 spiro atoms. The number of aromatic nitrogens is 2. The van der Waals surface area contributed by atoms with Crippen LogP contribution in [0, 0.1) is 66.2 Å². The Morgan fingerprint density at radius 3 is 1.09 bits per heavy atom. The summed E-state index contributed by atoms with van der Waals surface area (Å²) in [6.45, 7) is 4.47. The fourth-order valence-corrected chi connectivity index (χ4v) is 10.2. The zero-order valence-electron chi connectivity index (χ0n) is 49.4. The third kappa shape index (κ3) is 15.9. The molecule has 1 unspecified atom stereocenters. The normalized spacial score (nSPS) is 15.3. The molecule has 1 atom stereocenters. The van der Waals surface area contributed by atoms with Gasteiger partial charge in [0.15, 0.2) is 98.3 Å². The molecule has 2 aromatic heterocycles. The summed E-state index contributed by atoms with van der Waals surface area (Å²) < 4.78 is 228. The number of aryl methyl sites for hydroxylation is 2. The molecule has 0 N–H and O–H groups in total. The fourth-order valence-electron chi connectivity index (χ4n) is 10.2. The monoisotopic (exact) mass is 1280 g/mol. The van der Waals surface area contributed by atoms with Crippen molar-refractivity contribution in [1.29, 1.82) is 0 Å². The van der Waals surface area contributed by atoms with Crippen molar-refractivity contribution >= 4 is 0 Å². The van der Waals surface area contributed by atoms with E-state index >= 15 is 35.1 Å². The van der Waals surface area contributed by atoms with Gasteiger partial charge in [-0.1, -0.05) is 58.8 Å². The minimum absolute atomic E-state index is 0.00803. The summed E-state index contributed by atoms with van der Waals surface area (Å²) in [6, 6.07) is 27.9.